The Hall–Kier alpha value is -1.57. The first-order valence-corrected chi connectivity index (χ1v) is 5.36. The number of nitrogens with zero attached hydrogens (tertiary/aromatic N) is 1. The highest BCUT2D eigenvalue weighted by molar-refractivity contribution is 6.17. The van der Waals surface area contributed by atoms with Crippen molar-refractivity contribution in [1.82, 2.24) is 4.98 Å². The molecule has 0 aromatic carbocycles. The number of alkyl halides is 4. The average Bonchev–Trinajstić information content (AvgIpc) is 2.31. The van der Waals surface area contributed by atoms with E-state index in [1.165, 1.54) is 0 Å². The molecule has 0 aliphatic heterocycles. The Morgan fingerprint density at radius 2 is 2.05 bits per heavy atom. The molecule has 4 nitrogen and oxygen atoms in total. The van der Waals surface area contributed by atoms with Gasteiger partial charge in [-0.1, -0.05) is 0 Å². The van der Waals surface area contributed by atoms with E-state index in [4.69, 9.17) is 11.6 Å². The molecule has 0 aliphatic carbocycles. The lowest BCUT2D eigenvalue weighted by Crippen LogP contribution is -2.21. The van der Waals surface area contributed by atoms with Gasteiger partial charge in [0, 0.05) is 11.1 Å². The molecule has 1 aromatic heterocycles. The minimum Gasteiger partial charge on any atom is -0.469 e. The van der Waals surface area contributed by atoms with Gasteiger partial charge in [-0.25, -0.2) is 9.37 Å². The van der Waals surface area contributed by atoms with Crippen molar-refractivity contribution in [3.05, 3.63) is 23.1 Å². The number of hydrogen-bond donors (Lipinski definition) is 0. The number of halogens is 5. The van der Waals surface area contributed by atoms with Crippen molar-refractivity contribution >= 4 is 17.6 Å². The summed E-state index contributed by atoms with van der Waals surface area (Å²) in [7, 11) is 1.04. The first kappa shape index (κ1) is 15.5. The largest absolute Gasteiger partial charge is 0.574 e. The van der Waals surface area contributed by atoms with Crippen LogP contribution in [0, 0.1) is 5.82 Å². The number of carbonyl (C=O) groups is 1. The Kier molecular flexibility index (Phi) is 4.93. The van der Waals surface area contributed by atoms with Gasteiger partial charge >= 0.3 is 12.3 Å². The SMILES string of the molecule is COC(=O)Cc1c(OC(F)(F)F)ncc(F)c1CCl. The van der Waals surface area contributed by atoms with Gasteiger partial charge in [-0.3, -0.25) is 4.79 Å². The second-order valence-corrected chi connectivity index (χ2v) is 3.57. The summed E-state index contributed by atoms with van der Waals surface area (Å²) in [5, 5.41) is 0. The molecular weight excluding hydrogens is 294 g/mol. The zero-order chi connectivity index (χ0) is 14.6. The molecule has 0 fully saturated rings. The standard InChI is InChI=1S/C10H8ClF4NO3/c1-18-8(17)2-5-6(3-11)7(12)4-16-9(5)19-10(13,14)15/h4H,2-3H2,1H3. The molecule has 0 amide bonds. The molecule has 0 N–H and O–H groups in total. The third-order valence-electron chi connectivity index (χ3n) is 2.10. The maximum Gasteiger partial charge on any atom is 0.574 e. The van der Waals surface area contributed by atoms with E-state index in [-0.39, 0.29) is 11.1 Å². The molecule has 19 heavy (non-hydrogen) atoms. The van der Waals surface area contributed by atoms with Crippen LogP contribution >= 0.6 is 11.6 Å². The van der Waals surface area contributed by atoms with Crippen LogP contribution in [0.4, 0.5) is 17.6 Å². The minimum absolute atomic E-state index is 0.290. The van der Waals surface area contributed by atoms with E-state index in [9.17, 15) is 22.4 Å². The average molecular weight is 302 g/mol. The summed E-state index contributed by atoms with van der Waals surface area (Å²) >= 11 is 5.45. The number of hydrogen-bond acceptors (Lipinski definition) is 4. The number of carbonyl (C=O) groups excluding carboxylic acids is 1. The van der Waals surface area contributed by atoms with E-state index in [0.29, 0.717) is 6.20 Å². The molecule has 0 unspecified atom stereocenters. The second-order valence-electron chi connectivity index (χ2n) is 3.30. The number of esters is 1. The fourth-order valence-corrected chi connectivity index (χ4v) is 1.57. The molecule has 0 saturated heterocycles. The van der Waals surface area contributed by atoms with Gasteiger partial charge in [0.1, 0.15) is 5.82 Å². The van der Waals surface area contributed by atoms with Crippen molar-refractivity contribution < 1.29 is 31.8 Å². The molecule has 1 heterocycles. The van der Waals surface area contributed by atoms with Crippen LogP contribution < -0.4 is 4.74 Å². The minimum atomic E-state index is -5.01. The van der Waals surface area contributed by atoms with E-state index in [1.54, 1.807) is 0 Å². The lowest BCUT2D eigenvalue weighted by Gasteiger charge is -2.14. The molecule has 0 saturated carbocycles. The second kappa shape index (κ2) is 6.05. The highest BCUT2D eigenvalue weighted by Gasteiger charge is 2.34. The summed E-state index contributed by atoms with van der Waals surface area (Å²) in [6.45, 7) is 0. The Morgan fingerprint density at radius 1 is 1.42 bits per heavy atom. The molecule has 0 atom stereocenters. The van der Waals surface area contributed by atoms with Crippen molar-refractivity contribution in [2.45, 2.75) is 18.7 Å². The van der Waals surface area contributed by atoms with E-state index < -0.39 is 36.3 Å². The summed E-state index contributed by atoms with van der Waals surface area (Å²) in [5.41, 5.74) is -0.680. The van der Waals surface area contributed by atoms with Crippen molar-refractivity contribution in [2.75, 3.05) is 7.11 Å². The quantitative estimate of drug-likeness (QED) is 0.487. The zero-order valence-electron chi connectivity index (χ0n) is 9.55. The molecule has 0 bridgehead atoms. The number of pyridine rings is 1. The lowest BCUT2D eigenvalue weighted by atomic mass is 10.1. The Labute approximate surface area is 110 Å². The summed E-state index contributed by atoms with van der Waals surface area (Å²) in [5.74, 6) is -3.15. The summed E-state index contributed by atoms with van der Waals surface area (Å²) in [6, 6.07) is 0. The van der Waals surface area contributed by atoms with Crippen LogP contribution in [0.2, 0.25) is 0 Å². The molecular formula is C10H8ClF4NO3. The summed E-state index contributed by atoms with van der Waals surface area (Å²) in [6.07, 6.45) is -5.10. The molecule has 1 aromatic rings. The fourth-order valence-electron chi connectivity index (χ4n) is 1.29. The van der Waals surface area contributed by atoms with Gasteiger partial charge in [-0.05, 0) is 0 Å². The van der Waals surface area contributed by atoms with Crippen LogP contribution in [0.5, 0.6) is 5.88 Å². The topological polar surface area (TPSA) is 48.4 Å². The normalized spacial score (nSPS) is 11.3. The Morgan fingerprint density at radius 3 is 2.53 bits per heavy atom. The van der Waals surface area contributed by atoms with Gasteiger partial charge in [-0.15, -0.1) is 24.8 Å². The first-order chi connectivity index (χ1) is 8.78. The molecule has 0 aliphatic rings. The molecule has 0 radical (unpaired) electrons. The number of ether oxygens (including phenoxy) is 2. The number of methoxy groups -OCH3 is 1. The van der Waals surface area contributed by atoms with Crippen LogP contribution in [-0.4, -0.2) is 24.4 Å². The summed E-state index contributed by atoms with van der Waals surface area (Å²) < 4.78 is 57.8. The molecule has 0 spiro atoms. The maximum atomic E-state index is 13.4. The van der Waals surface area contributed by atoms with E-state index in [2.05, 4.69) is 14.5 Å². The molecule has 106 valence electrons. The van der Waals surface area contributed by atoms with Crippen LogP contribution in [0.15, 0.2) is 6.20 Å². The smallest absolute Gasteiger partial charge is 0.469 e. The zero-order valence-corrected chi connectivity index (χ0v) is 10.3. The van der Waals surface area contributed by atoms with Gasteiger partial charge in [0.05, 0.1) is 25.6 Å². The Balaban J connectivity index is 3.25. The van der Waals surface area contributed by atoms with Crippen molar-refractivity contribution in [2.24, 2.45) is 0 Å². The van der Waals surface area contributed by atoms with Crippen LogP contribution in [0.1, 0.15) is 11.1 Å². The summed E-state index contributed by atoms with van der Waals surface area (Å²) in [4.78, 5) is 14.3. The van der Waals surface area contributed by atoms with Crippen LogP contribution in [-0.2, 0) is 21.8 Å². The highest BCUT2D eigenvalue weighted by Crippen LogP contribution is 2.29. The van der Waals surface area contributed by atoms with Gasteiger partial charge in [-0.2, -0.15) is 0 Å². The number of rotatable bonds is 4. The van der Waals surface area contributed by atoms with E-state index in [1.807, 2.05) is 0 Å². The van der Waals surface area contributed by atoms with Crippen molar-refractivity contribution in [3.63, 3.8) is 0 Å². The van der Waals surface area contributed by atoms with Gasteiger partial charge in [0.2, 0.25) is 5.88 Å². The van der Waals surface area contributed by atoms with Gasteiger partial charge in [0.15, 0.2) is 0 Å². The monoisotopic (exact) mass is 301 g/mol. The molecule has 1 rings (SSSR count). The Bertz CT molecular complexity index is 479. The third-order valence-corrected chi connectivity index (χ3v) is 2.37. The van der Waals surface area contributed by atoms with Crippen LogP contribution in [0.25, 0.3) is 0 Å². The van der Waals surface area contributed by atoms with Gasteiger partial charge in [0.25, 0.3) is 0 Å². The third kappa shape index (κ3) is 4.23. The predicted octanol–water partition coefficient (Wildman–Crippen LogP) is 2.57. The van der Waals surface area contributed by atoms with E-state index in [0.717, 1.165) is 7.11 Å². The lowest BCUT2D eigenvalue weighted by molar-refractivity contribution is -0.276. The number of aromatic nitrogens is 1. The highest BCUT2D eigenvalue weighted by atomic mass is 35.5. The maximum absolute atomic E-state index is 13.4. The van der Waals surface area contributed by atoms with E-state index >= 15 is 0 Å². The van der Waals surface area contributed by atoms with Crippen LogP contribution in [0.3, 0.4) is 0 Å². The predicted molar refractivity (Wildman–Crippen MR) is 56.2 cm³/mol. The van der Waals surface area contributed by atoms with Crippen molar-refractivity contribution in [1.29, 1.82) is 0 Å². The van der Waals surface area contributed by atoms with Crippen molar-refractivity contribution in [3.8, 4) is 5.88 Å². The molecule has 9 heteroatoms. The fraction of sp³-hybridized carbons (Fsp3) is 0.400. The first-order valence-electron chi connectivity index (χ1n) is 4.83. The van der Waals surface area contributed by atoms with Gasteiger partial charge < -0.3 is 9.47 Å².